The van der Waals surface area contributed by atoms with E-state index in [1.165, 1.54) is 0 Å². The average Bonchev–Trinajstić information content (AvgIpc) is 2.65. The largest absolute Gasteiger partial charge is 0.444 e. The number of ether oxygens (including phenoxy) is 1. The smallest absolute Gasteiger partial charge is 0.344 e. The van der Waals surface area contributed by atoms with Crippen LogP contribution in [0.25, 0.3) is 0 Å². The molecule has 0 spiro atoms. The van der Waals surface area contributed by atoms with Crippen molar-refractivity contribution < 1.29 is 14.6 Å². The number of hydrogen-bond acceptors (Lipinski definition) is 4. The van der Waals surface area contributed by atoms with Gasteiger partial charge in [-0.05, 0) is 38.8 Å². The van der Waals surface area contributed by atoms with E-state index in [1.807, 2.05) is 25.1 Å². The van der Waals surface area contributed by atoms with Gasteiger partial charge in [0.15, 0.2) is 11.2 Å². The molecule has 1 aromatic carbocycles. The van der Waals surface area contributed by atoms with Crippen LogP contribution in [0.2, 0.25) is 0 Å². The molecule has 1 atom stereocenters. The molecule has 4 nitrogen and oxygen atoms in total. The molecule has 0 bridgehead atoms. The quantitative estimate of drug-likeness (QED) is 0.438. The highest BCUT2D eigenvalue weighted by Gasteiger charge is 2.48. The first-order valence-electron chi connectivity index (χ1n) is 9.62. The number of carbonyl (C=O) groups is 1. The van der Waals surface area contributed by atoms with Crippen LogP contribution in [-0.2, 0) is 15.1 Å². The summed E-state index contributed by atoms with van der Waals surface area (Å²) in [5.41, 5.74) is -1.97. The minimum atomic E-state index is -1.62. The number of esters is 1. The Hall–Kier alpha value is -1.54. The third-order valence-corrected chi connectivity index (χ3v) is 4.92. The van der Waals surface area contributed by atoms with Crippen molar-refractivity contribution >= 4 is 18.4 Å². The molecule has 1 aliphatic rings. The van der Waals surface area contributed by atoms with E-state index in [1.54, 1.807) is 26.0 Å². The fourth-order valence-electron chi connectivity index (χ4n) is 3.51. The lowest BCUT2D eigenvalue weighted by molar-refractivity contribution is -0.184. The monoisotopic (exact) mass is 393 g/mol. The summed E-state index contributed by atoms with van der Waals surface area (Å²) in [7, 11) is 0. The predicted octanol–water partition coefficient (Wildman–Crippen LogP) is 3.81. The third-order valence-electron chi connectivity index (χ3n) is 4.92. The lowest BCUT2D eigenvalue weighted by atomic mass is 9.73. The van der Waals surface area contributed by atoms with Crippen molar-refractivity contribution in [1.29, 1.82) is 0 Å². The van der Waals surface area contributed by atoms with Crippen molar-refractivity contribution in [1.82, 2.24) is 5.32 Å². The maximum absolute atomic E-state index is 13.1. The topological polar surface area (TPSA) is 58.6 Å². The molecule has 1 aromatic rings. The Kier molecular flexibility index (Phi) is 9.32. The Morgan fingerprint density at radius 2 is 1.85 bits per heavy atom. The van der Waals surface area contributed by atoms with Crippen molar-refractivity contribution in [3.8, 4) is 11.8 Å². The van der Waals surface area contributed by atoms with Crippen molar-refractivity contribution in [3.63, 3.8) is 0 Å². The van der Waals surface area contributed by atoms with Crippen LogP contribution in [0.4, 0.5) is 0 Å². The van der Waals surface area contributed by atoms with Gasteiger partial charge in [-0.15, -0.1) is 12.4 Å². The lowest BCUT2D eigenvalue weighted by Gasteiger charge is -2.38. The van der Waals surface area contributed by atoms with Crippen LogP contribution in [0.5, 0.6) is 0 Å². The van der Waals surface area contributed by atoms with E-state index in [9.17, 15) is 9.90 Å². The summed E-state index contributed by atoms with van der Waals surface area (Å²) in [4.78, 5) is 13.1. The van der Waals surface area contributed by atoms with E-state index in [0.29, 0.717) is 12.1 Å². The summed E-state index contributed by atoms with van der Waals surface area (Å²) in [6, 6.07) is 9.18. The molecular formula is C22H32ClNO3. The first-order valence-corrected chi connectivity index (χ1v) is 9.62. The van der Waals surface area contributed by atoms with Gasteiger partial charge in [0.25, 0.3) is 0 Å². The number of benzene rings is 1. The molecule has 5 heteroatoms. The fraction of sp³-hybridized carbons (Fsp3) is 0.591. The standard InChI is InChI=1S/C22H31NO3.ClH/c1-4-23-17-11-16-21(2,3)26-20(24)22(25,18-12-7-5-8-13-18)19-14-9-6-10-15-19;/h5,7-8,12-13,19,23,25H,4,6,9-10,14-15,17H2,1-3H3;1H/t22-;/m0./s1. The Balaban J connectivity index is 0.00000364. The highest BCUT2D eigenvalue weighted by atomic mass is 35.5. The summed E-state index contributed by atoms with van der Waals surface area (Å²) in [5, 5.41) is 14.6. The zero-order valence-corrected chi connectivity index (χ0v) is 17.4. The highest BCUT2D eigenvalue weighted by Crippen LogP contribution is 2.41. The number of rotatable bonds is 6. The van der Waals surface area contributed by atoms with Crippen LogP contribution < -0.4 is 5.32 Å². The lowest BCUT2D eigenvalue weighted by Crippen LogP contribution is -2.47. The molecule has 1 fully saturated rings. The normalized spacial score (nSPS) is 17.0. The molecule has 150 valence electrons. The van der Waals surface area contributed by atoms with Gasteiger partial charge >= 0.3 is 5.97 Å². The first-order chi connectivity index (χ1) is 12.4. The number of nitrogens with one attached hydrogen (secondary N) is 1. The van der Waals surface area contributed by atoms with Gasteiger partial charge in [0.2, 0.25) is 0 Å². The molecule has 1 aliphatic carbocycles. The molecule has 27 heavy (non-hydrogen) atoms. The van der Waals surface area contributed by atoms with Gasteiger partial charge in [-0.3, -0.25) is 0 Å². The molecule has 0 aliphatic heterocycles. The second kappa shape index (κ2) is 10.7. The van der Waals surface area contributed by atoms with Crippen molar-refractivity contribution in [2.45, 2.75) is 64.1 Å². The van der Waals surface area contributed by atoms with Crippen LogP contribution in [0.1, 0.15) is 58.4 Å². The number of halogens is 1. The summed E-state index contributed by atoms with van der Waals surface area (Å²) >= 11 is 0. The van der Waals surface area contributed by atoms with Gasteiger partial charge in [-0.25, -0.2) is 4.79 Å². The fourth-order valence-corrected chi connectivity index (χ4v) is 3.51. The summed E-state index contributed by atoms with van der Waals surface area (Å²) in [6.45, 7) is 6.91. The number of hydrogen-bond donors (Lipinski definition) is 2. The van der Waals surface area contributed by atoms with E-state index in [2.05, 4.69) is 17.2 Å². The third kappa shape index (κ3) is 6.24. The number of carbonyl (C=O) groups excluding carboxylic acids is 1. The van der Waals surface area contributed by atoms with Gasteiger partial charge < -0.3 is 15.2 Å². The van der Waals surface area contributed by atoms with Crippen molar-refractivity contribution in [2.75, 3.05) is 13.1 Å². The zero-order chi connectivity index (χ0) is 19.0. The summed E-state index contributed by atoms with van der Waals surface area (Å²) in [5.74, 6) is 5.24. The molecule has 0 aromatic heterocycles. The summed E-state index contributed by atoms with van der Waals surface area (Å²) < 4.78 is 5.70. The van der Waals surface area contributed by atoms with Gasteiger partial charge in [0, 0.05) is 5.92 Å². The molecule has 2 rings (SSSR count). The Labute approximate surface area is 169 Å². The minimum Gasteiger partial charge on any atom is -0.444 e. The van der Waals surface area contributed by atoms with Gasteiger partial charge in [-0.2, -0.15) is 0 Å². The number of aliphatic hydroxyl groups is 1. The van der Waals surface area contributed by atoms with Crippen LogP contribution >= 0.6 is 12.4 Å². The minimum absolute atomic E-state index is 0. The van der Waals surface area contributed by atoms with Gasteiger partial charge in [-0.1, -0.05) is 68.4 Å². The van der Waals surface area contributed by atoms with Crippen LogP contribution in [-0.4, -0.2) is 29.8 Å². The average molecular weight is 394 g/mol. The molecule has 1 saturated carbocycles. The van der Waals surface area contributed by atoms with Crippen LogP contribution in [0, 0.1) is 17.8 Å². The van der Waals surface area contributed by atoms with E-state index < -0.39 is 17.2 Å². The van der Waals surface area contributed by atoms with Crippen LogP contribution in [0.3, 0.4) is 0 Å². The molecule has 0 unspecified atom stereocenters. The molecule has 0 amide bonds. The second-order valence-corrected chi connectivity index (χ2v) is 7.45. The second-order valence-electron chi connectivity index (χ2n) is 7.45. The van der Waals surface area contributed by atoms with Crippen molar-refractivity contribution in [3.05, 3.63) is 35.9 Å². The maximum Gasteiger partial charge on any atom is 0.344 e. The Morgan fingerprint density at radius 3 is 2.44 bits per heavy atom. The predicted molar refractivity (Wildman–Crippen MR) is 111 cm³/mol. The molecule has 0 heterocycles. The van der Waals surface area contributed by atoms with E-state index in [4.69, 9.17) is 4.74 Å². The van der Waals surface area contributed by atoms with Crippen LogP contribution in [0.15, 0.2) is 30.3 Å². The molecule has 0 saturated heterocycles. The van der Waals surface area contributed by atoms with E-state index in [0.717, 1.165) is 38.6 Å². The SMILES string of the molecule is CCNCC#CC(C)(C)OC(=O)[C@](O)(c1ccccc1)C1CCCCC1.Cl. The van der Waals surface area contributed by atoms with Gasteiger partial charge in [0.05, 0.1) is 6.54 Å². The zero-order valence-electron chi connectivity index (χ0n) is 16.6. The first kappa shape index (κ1) is 23.5. The van der Waals surface area contributed by atoms with Gasteiger partial charge in [0.1, 0.15) is 0 Å². The molecule has 2 N–H and O–H groups in total. The van der Waals surface area contributed by atoms with E-state index in [-0.39, 0.29) is 18.3 Å². The molecular weight excluding hydrogens is 362 g/mol. The highest BCUT2D eigenvalue weighted by molar-refractivity contribution is 5.85. The summed E-state index contributed by atoms with van der Waals surface area (Å²) in [6.07, 6.45) is 4.86. The van der Waals surface area contributed by atoms with E-state index >= 15 is 0 Å². The molecule has 0 radical (unpaired) electrons. The Morgan fingerprint density at radius 1 is 1.22 bits per heavy atom. The van der Waals surface area contributed by atoms with Crippen molar-refractivity contribution in [2.24, 2.45) is 5.92 Å². The Bertz CT molecular complexity index is 645. The maximum atomic E-state index is 13.1.